The first-order valence-electron chi connectivity index (χ1n) is 12.5. The highest BCUT2D eigenvalue weighted by Crippen LogP contribution is 2.67. The quantitative estimate of drug-likeness (QED) is 0.283. The lowest BCUT2D eigenvalue weighted by atomic mass is 9.46. The second-order valence-corrected chi connectivity index (χ2v) is 11.8. The van der Waals surface area contributed by atoms with Crippen LogP contribution in [0.2, 0.25) is 0 Å². The van der Waals surface area contributed by atoms with E-state index >= 15 is 0 Å². The zero-order chi connectivity index (χ0) is 22.4. The highest BCUT2D eigenvalue weighted by Gasteiger charge is 2.60. The molecular weight excluding hydrogens is 384 g/mol. The fourth-order valence-electron chi connectivity index (χ4n) is 8.41. The summed E-state index contributed by atoms with van der Waals surface area (Å²) in [6.07, 6.45) is 14.9. The first kappa shape index (κ1) is 22.6. The van der Waals surface area contributed by atoms with Gasteiger partial charge in [-0.2, -0.15) is 0 Å². The standard InChI is InChI=1S/C27H42N2O2/c1-17(2)7-6-8-18(3)21-9-10-22-20-16-25(29-31)24-15-19(28-30)11-13-27(24,5)23(20)12-14-26(21,22)4/h7,15,18,20-23,30-31H,6,8-14,16H2,1-5H3/b28-19+,29-25-/t18-,20?,21?,22?,23?,26?,27?/m1/s1. The summed E-state index contributed by atoms with van der Waals surface area (Å²) in [5.41, 5.74) is 4.57. The van der Waals surface area contributed by atoms with E-state index in [1.54, 1.807) is 0 Å². The monoisotopic (exact) mass is 426 g/mol. The summed E-state index contributed by atoms with van der Waals surface area (Å²) in [5.74, 6) is 3.55. The fraction of sp³-hybridized carbons (Fsp3) is 0.778. The van der Waals surface area contributed by atoms with Crippen molar-refractivity contribution in [2.24, 2.45) is 50.7 Å². The van der Waals surface area contributed by atoms with Crippen molar-refractivity contribution in [2.75, 3.05) is 0 Å². The molecule has 4 aliphatic rings. The Bertz CT molecular complexity index is 821. The third kappa shape index (κ3) is 3.68. The lowest BCUT2D eigenvalue weighted by molar-refractivity contribution is -0.0424. The number of rotatable bonds is 4. The van der Waals surface area contributed by atoms with E-state index in [-0.39, 0.29) is 5.41 Å². The Morgan fingerprint density at radius 3 is 2.58 bits per heavy atom. The van der Waals surface area contributed by atoms with Crippen LogP contribution in [0.25, 0.3) is 0 Å². The molecule has 4 nitrogen and oxygen atoms in total. The van der Waals surface area contributed by atoms with E-state index in [1.165, 1.54) is 44.1 Å². The highest BCUT2D eigenvalue weighted by molar-refractivity contribution is 6.09. The van der Waals surface area contributed by atoms with Crippen LogP contribution in [0.4, 0.5) is 0 Å². The van der Waals surface area contributed by atoms with Gasteiger partial charge in [0.05, 0.1) is 11.4 Å². The first-order chi connectivity index (χ1) is 14.7. The van der Waals surface area contributed by atoms with Gasteiger partial charge in [-0.15, -0.1) is 0 Å². The zero-order valence-corrected chi connectivity index (χ0v) is 20.2. The smallest absolute Gasteiger partial charge is 0.0836 e. The van der Waals surface area contributed by atoms with Crippen molar-refractivity contribution in [1.29, 1.82) is 0 Å². The van der Waals surface area contributed by atoms with Gasteiger partial charge in [-0.05, 0) is 124 Å². The molecule has 31 heavy (non-hydrogen) atoms. The molecule has 0 aromatic carbocycles. The van der Waals surface area contributed by atoms with E-state index in [4.69, 9.17) is 0 Å². The topological polar surface area (TPSA) is 65.2 Å². The van der Waals surface area contributed by atoms with Crippen molar-refractivity contribution in [3.05, 3.63) is 23.3 Å². The predicted octanol–water partition coefficient (Wildman–Crippen LogP) is 7.22. The van der Waals surface area contributed by atoms with Gasteiger partial charge in [0.1, 0.15) is 0 Å². The van der Waals surface area contributed by atoms with Crippen molar-refractivity contribution in [3.8, 4) is 0 Å². The molecule has 4 rings (SSSR count). The molecule has 0 amide bonds. The maximum Gasteiger partial charge on any atom is 0.0836 e. The van der Waals surface area contributed by atoms with Gasteiger partial charge >= 0.3 is 0 Å². The second-order valence-electron chi connectivity index (χ2n) is 11.8. The van der Waals surface area contributed by atoms with E-state index in [2.05, 4.69) is 51.0 Å². The predicted molar refractivity (Wildman–Crippen MR) is 127 cm³/mol. The lowest BCUT2D eigenvalue weighted by Crippen LogP contribution is -2.53. The molecule has 0 spiro atoms. The van der Waals surface area contributed by atoms with Crippen LogP contribution in [0.5, 0.6) is 0 Å². The van der Waals surface area contributed by atoms with E-state index in [0.29, 0.717) is 17.3 Å². The van der Waals surface area contributed by atoms with E-state index in [1.807, 2.05) is 6.08 Å². The van der Waals surface area contributed by atoms with Crippen LogP contribution in [-0.2, 0) is 0 Å². The maximum atomic E-state index is 9.92. The third-order valence-electron chi connectivity index (χ3n) is 10.0. The minimum atomic E-state index is 0.0349. The molecule has 6 unspecified atom stereocenters. The summed E-state index contributed by atoms with van der Waals surface area (Å²) in [6, 6.07) is 0. The van der Waals surface area contributed by atoms with Gasteiger partial charge in [0, 0.05) is 0 Å². The Hall–Kier alpha value is -1.58. The molecule has 0 aromatic heterocycles. The molecule has 4 aliphatic carbocycles. The zero-order valence-electron chi connectivity index (χ0n) is 20.2. The molecule has 3 fully saturated rings. The number of allylic oxidation sites excluding steroid dienone is 4. The average Bonchev–Trinajstić information content (AvgIpc) is 3.09. The summed E-state index contributed by atoms with van der Waals surface area (Å²) in [7, 11) is 0. The van der Waals surface area contributed by atoms with Crippen LogP contribution in [0.15, 0.2) is 33.6 Å². The van der Waals surface area contributed by atoms with Crippen molar-refractivity contribution < 1.29 is 10.4 Å². The van der Waals surface area contributed by atoms with Crippen molar-refractivity contribution in [2.45, 2.75) is 92.4 Å². The summed E-state index contributed by atoms with van der Waals surface area (Å²) in [4.78, 5) is 0. The van der Waals surface area contributed by atoms with Crippen LogP contribution >= 0.6 is 0 Å². The molecule has 0 aromatic rings. The van der Waals surface area contributed by atoms with Gasteiger partial charge in [-0.3, -0.25) is 0 Å². The molecule has 0 radical (unpaired) electrons. The van der Waals surface area contributed by atoms with Gasteiger partial charge in [0.2, 0.25) is 0 Å². The van der Waals surface area contributed by atoms with Crippen LogP contribution in [-0.4, -0.2) is 21.8 Å². The Morgan fingerprint density at radius 2 is 1.90 bits per heavy atom. The SMILES string of the molecule is CC(C)=CCC[C@@H](C)C1CCC2C3C/C(=N/O)C4=C/C(=N/O)CCC4(C)C3CCC21C. The Morgan fingerprint density at radius 1 is 1.13 bits per heavy atom. The van der Waals surface area contributed by atoms with E-state index < -0.39 is 0 Å². The van der Waals surface area contributed by atoms with Crippen LogP contribution in [0.1, 0.15) is 92.4 Å². The molecule has 3 saturated carbocycles. The van der Waals surface area contributed by atoms with Gasteiger partial charge in [0.15, 0.2) is 0 Å². The molecule has 0 heterocycles. The molecule has 0 aliphatic heterocycles. The summed E-state index contributed by atoms with van der Waals surface area (Å²) in [6.45, 7) is 11.9. The number of hydrogen-bond acceptors (Lipinski definition) is 4. The third-order valence-corrected chi connectivity index (χ3v) is 10.0. The molecule has 0 saturated heterocycles. The van der Waals surface area contributed by atoms with Crippen molar-refractivity contribution in [3.63, 3.8) is 0 Å². The summed E-state index contributed by atoms with van der Waals surface area (Å²) >= 11 is 0. The normalized spacial score (nSPS) is 43.1. The van der Waals surface area contributed by atoms with Crippen molar-refractivity contribution in [1.82, 2.24) is 0 Å². The Labute approximate surface area is 188 Å². The molecular formula is C27H42N2O2. The number of oxime groups is 2. The minimum Gasteiger partial charge on any atom is -0.411 e. The Balaban J connectivity index is 1.59. The van der Waals surface area contributed by atoms with Gasteiger partial charge < -0.3 is 10.4 Å². The van der Waals surface area contributed by atoms with Crippen LogP contribution < -0.4 is 0 Å². The van der Waals surface area contributed by atoms with E-state index in [0.717, 1.165) is 54.0 Å². The molecule has 4 heteroatoms. The minimum absolute atomic E-state index is 0.0349. The van der Waals surface area contributed by atoms with Crippen molar-refractivity contribution >= 4 is 11.4 Å². The first-order valence-corrected chi connectivity index (χ1v) is 12.5. The van der Waals surface area contributed by atoms with Crippen LogP contribution in [0, 0.1) is 40.4 Å². The van der Waals surface area contributed by atoms with Gasteiger partial charge in [0.25, 0.3) is 0 Å². The number of fused-ring (bicyclic) bond motifs is 5. The van der Waals surface area contributed by atoms with Gasteiger partial charge in [-0.1, -0.05) is 42.7 Å². The Kier molecular flexibility index (Phi) is 6.13. The van der Waals surface area contributed by atoms with E-state index in [9.17, 15) is 10.4 Å². The number of nitrogens with zero attached hydrogens (tertiary/aromatic N) is 2. The lowest BCUT2D eigenvalue weighted by Gasteiger charge is -2.58. The molecule has 2 N–H and O–H groups in total. The molecule has 7 atom stereocenters. The summed E-state index contributed by atoms with van der Waals surface area (Å²) in [5, 5.41) is 26.5. The highest BCUT2D eigenvalue weighted by atomic mass is 16.4. The van der Waals surface area contributed by atoms with Gasteiger partial charge in [-0.25, -0.2) is 0 Å². The summed E-state index contributed by atoms with van der Waals surface area (Å²) < 4.78 is 0. The fourth-order valence-corrected chi connectivity index (χ4v) is 8.41. The molecule has 172 valence electrons. The molecule has 0 bridgehead atoms. The second kappa shape index (κ2) is 8.41. The largest absolute Gasteiger partial charge is 0.411 e. The van der Waals surface area contributed by atoms with Crippen LogP contribution in [0.3, 0.4) is 0 Å². The maximum absolute atomic E-state index is 9.92. The number of hydrogen-bond donors (Lipinski definition) is 2. The average molecular weight is 427 g/mol.